The molecule has 4 rings (SSSR count). The van der Waals surface area contributed by atoms with Gasteiger partial charge in [0, 0.05) is 25.7 Å². The van der Waals surface area contributed by atoms with Crippen molar-refractivity contribution >= 4 is 21.9 Å². The monoisotopic (exact) mass is 480 g/mol. The fourth-order valence-electron chi connectivity index (χ4n) is 4.82. The second-order valence-corrected chi connectivity index (χ2v) is 10.8. The largest absolute Gasteiger partial charge is 0.486 e. The number of fused-ring (bicyclic) bond motifs is 1. The van der Waals surface area contributed by atoms with E-state index in [0.717, 1.165) is 25.7 Å². The molecular weight excluding hydrogens is 448 g/mol. The van der Waals surface area contributed by atoms with Crippen molar-refractivity contribution in [3.05, 3.63) is 18.2 Å². The van der Waals surface area contributed by atoms with E-state index in [0.29, 0.717) is 37.6 Å². The lowest BCUT2D eigenvalue weighted by atomic mass is 9.94. The van der Waals surface area contributed by atoms with E-state index < -0.39 is 28.1 Å². The summed E-state index contributed by atoms with van der Waals surface area (Å²) in [5, 5.41) is 0. The third kappa shape index (κ3) is 4.96. The first-order valence-corrected chi connectivity index (χ1v) is 13.1. The SMILES string of the molecule is C[C@@H](OC(=O)[C@@H]1CCCN1S(=O)(=O)c1ccc2c(c1)OCCO2)C(=O)N(C)C1CCCCC1. The van der Waals surface area contributed by atoms with Gasteiger partial charge >= 0.3 is 5.97 Å². The summed E-state index contributed by atoms with van der Waals surface area (Å²) in [6.45, 7) is 2.51. The predicted molar refractivity (Wildman–Crippen MR) is 120 cm³/mol. The molecular formula is C23H32N2O7S. The van der Waals surface area contributed by atoms with Gasteiger partial charge in [0.1, 0.15) is 19.3 Å². The van der Waals surface area contributed by atoms with Crippen molar-refractivity contribution in [2.75, 3.05) is 26.8 Å². The van der Waals surface area contributed by atoms with Crippen LogP contribution in [0.2, 0.25) is 0 Å². The van der Waals surface area contributed by atoms with Crippen LogP contribution in [0.1, 0.15) is 51.9 Å². The number of sulfonamides is 1. The van der Waals surface area contributed by atoms with Crippen LogP contribution in [0.25, 0.3) is 0 Å². The molecule has 2 aliphatic heterocycles. The highest BCUT2D eigenvalue weighted by Crippen LogP contribution is 2.35. The van der Waals surface area contributed by atoms with Gasteiger partial charge in [-0.2, -0.15) is 4.31 Å². The number of rotatable bonds is 6. The van der Waals surface area contributed by atoms with Crippen LogP contribution in [0.15, 0.2) is 23.1 Å². The Bertz CT molecular complexity index is 991. The van der Waals surface area contributed by atoms with Gasteiger partial charge in [-0.15, -0.1) is 0 Å². The lowest BCUT2D eigenvalue weighted by molar-refractivity contribution is -0.162. The Hall–Kier alpha value is -2.33. The van der Waals surface area contributed by atoms with E-state index in [2.05, 4.69) is 0 Å². The summed E-state index contributed by atoms with van der Waals surface area (Å²) in [5.41, 5.74) is 0. The average Bonchev–Trinajstić information content (AvgIpc) is 3.34. The molecule has 1 saturated carbocycles. The van der Waals surface area contributed by atoms with Crippen LogP contribution < -0.4 is 9.47 Å². The summed E-state index contributed by atoms with van der Waals surface area (Å²) in [6, 6.07) is 3.64. The highest BCUT2D eigenvalue weighted by Gasteiger charge is 2.42. The first-order valence-electron chi connectivity index (χ1n) is 11.7. The summed E-state index contributed by atoms with van der Waals surface area (Å²) in [6.07, 6.45) is 5.18. The second-order valence-electron chi connectivity index (χ2n) is 8.90. The summed E-state index contributed by atoms with van der Waals surface area (Å²) < 4.78 is 44.2. The van der Waals surface area contributed by atoms with Crippen molar-refractivity contribution in [3.63, 3.8) is 0 Å². The van der Waals surface area contributed by atoms with Gasteiger partial charge in [0.05, 0.1) is 4.90 Å². The number of amides is 1. The summed E-state index contributed by atoms with van der Waals surface area (Å²) in [4.78, 5) is 27.5. The number of hydrogen-bond acceptors (Lipinski definition) is 7. The molecule has 9 nitrogen and oxygen atoms in total. The van der Waals surface area contributed by atoms with E-state index in [1.807, 2.05) is 0 Å². The number of esters is 1. The summed E-state index contributed by atoms with van der Waals surface area (Å²) in [5.74, 6) is -0.0846. The Balaban J connectivity index is 1.44. The molecule has 3 aliphatic rings. The van der Waals surface area contributed by atoms with Crippen LogP contribution in [-0.2, 0) is 24.3 Å². The highest BCUT2D eigenvalue weighted by atomic mass is 32.2. The molecule has 1 aromatic rings. The van der Waals surface area contributed by atoms with Crippen molar-refractivity contribution in [1.29, 1.82) is 0 Å². The lowest BCUT2D eigenvalue weighted by Gasteiger charge is -2.33. The average molecular weight is 481 g/mol. The number of benzene rings is 1. The molecule has 0 bridgehead atoms. The number of nitrogens with zero attached hydrogens (tertiary/aromatic N) is 2. The molecule has 33 heavy (non-hydrogen) atoms. The molecule has 0 spiro atoms. The van der Waals surface area contributed by atoms with Crippen LogP contribution in [0, 0.1) is 0 Å². The Morgan fingerprint density at radius 3 is 2.48 bits per heavy atom. The Morgan fingerprint density at radius 1 is 1.06 bits per heavy atom. The lowest BCUT2D eigenvalue weighted by Crippen LogP contribution is -2.47. The van der Waals surface area contributed by atoms with Crippen LogP contribution in [0.3, 0.4) is 0 Å². The van der Waals surface area contributed by atoms with E-state index in [4.69, 9.17) is 14.2 Å². The van der Waals surface area contributed by atoms with Gasteiger partial charge < -0.3 is 19.1 Å². The normalized spacial score (nSPS) is 22.5. The van der Waals surface area contributed by atoms with Crippen molar-refractivity contribution in [2.24, 2.45) is 0 Å². The van der Waals surface area contributed by atoms with Gasteiger partial charge in [-0.25, -0.2) is 8.42 Å². The zero-order valence-corrected chi connectivity index (χ0v) is 20.0. The summed E-state index contributed by atoms with van der Waals surface area (Å²) in [7, 11) is -2.21. The first-order chi connectivity index (χ1) is 15.8. The van der Waals surface area contributed by atoms with Crippen LogP contribution in [0.5, 0.6) is 11.5 Å². The van der Waals surface area contributed by atoms with Crippen molar-refractivity contribution in [3.8, 4) is 11.5 Å². The molecule has 1 saturated heterocycles. The number of carbonyl (C=O) groups is 2. The van der Waals surface area contributed by atoms with Gasteiger partial charge in [0.25, 0.3) is 5.91 Å². The van der Waals surface area contributed by atoms with Crippen molar-refractivity contribution < 1.29 is 32.2 Å². The van der Waals surface area contributed by atoms with Crippen LogP contribution >= 0.6 is 0 Å². The van der Waals surface area contributed by atoms with E-state index in [9.17, 15) is 18.0 Å². The molecule has 182 valence electrons. The van der Waals surface area contributed by atoms with Gasteiger partial charge in [-0.3, -0.25) is 9.59 Å². The number of likely N-dealkylation sites (N-methyl/N-ethyl adjacent to an activating group) is 1. The fourth-order valence-corrected chi connectivity index (χ4v) is 6.48. The minimum Gasteiger partial charge on any atom is -0.486 e. The Labute approximate surface area is 195 Å². The Kier molecular flexibility index (Phi) is 7.13. The molecule has 1 amide bonds. The van der Waals surface area contributed by atoms with Crippen molar-refractivity contribution in [2.45, 2.75) is 75.0 Å². The minimum atomic E-state index is -3.95. The van der Waals surface area contributed by atoms with E-state index >= 15 is 0 Å². The number of ether oxygens (including phenoxy) is 3. The molecule has 0 N–H and O–H groups in total. The second kappa shape index (κ2) is 9.89. The molecule has 2 fully saturated rings. The fraction of sp³-hybridized carbons (Fsp3) is 0.652. The van der Waals surface area contributed by atoms with Gasteiger partial charge in [0.2, 0.25) is 10.0 Å². The maximum Gasteiger partial charge on any atom is 0.325 e. The molecule has 1 aliphatic carbocycles. The van der Waals surface area contributed by atoms with E-state index in [1.54, 1.807) is 24.9 Å². The maximum atomic E-state index is 13.3. The molecule has 2 heterocycles. The minimum absolute atomic E-state index is 0.0348. The zero-order chi connectivity index (χ0) is 23.6. The molecule has 10 heteroatoms. The van der Waals surface area contributed by atoms with Crippen LogP contribution in [-0.4, -0.2) is 74.5 Å². The van der Waals surface area contributed by atoms with Crippen LogP contribution in [0.4, 0.5) is 0 Å². The third-order valence-corrected chi connectivity index (χ3v) is 8.61. The van der Waals surface area contributed by atoms with Gasteiger partial charge in [0.15, 0.2) is 17.6 Å². The molecule has 0 radical (unpaired) electrons. The number of carbonyl (C=O) groups excluding carboxylic acids is 2. The highest BCUT2D eigenvalue weighted by molar-refractivity contribution is 7.89. The zero-order valence-electron chi connectivity index (χ0n) is 19.2. The topological polar surface area (TPSA) is 102 Å². The quantitative estimate of drug-likeness (QED) is 0.576. The molecule has 0 unspecified atom stereocenters. The Morgan fingerprint density at radius 2 is 1.76 bits per heavy atom. The van der Waals surface area contributed by atoms with Gasteiger partial charge in [-0.05, 0) is 44.7 Å². The predicted octanol–water partition coefficient (Wildman–Crippen LogP) is 2.33. The molecule has 2 atom stereocenters. The van der Waals surface area contributed by atoms with E-state index in [-0.39, 0.29) is 23.4 Å². The maximum absolute atomic E-state index is 13.3. The standard InChI is InChI=1S/C23H32N2O7S/c1-16(22(26)24(2)17-7-4-3-5-8-17)32-23(27)19-9-6-12-25(19)33(28,29)18-10-11-20-21(15-18)31-14-13-30-20/h10-11,15-17,19H,3-9,12-14H2,1-2H3/t16-,19+/m1/s1. The van der Waals surface area contributed by atoms with E-state index in [1.165, 1.54) is 22.9 Å². The molecule has 1 aromatic carbocycles. The third-order valence-electron chi connectivity index (χ3n) is 6.71. The number of hydrogen-bond donors (Lipinski definition) is 0. The smallest absolute Gasteiger partial charge is 0.325 e. The molecule has 0 aromatic heterocycles. The van der Waals surface area contributed by atoms with Gasteiger partial charge in [-0.1, -0.05) is 19.3 Å². The van der Waals surface area contributed by atoms with Crippen molar-refractivity contribution in [1.82, 2.24) is 9.21 Å². The summed E-state index contributed by atoms with van der Waals surface area (Å²) >= 11 is 0. The first kappa shape index (κ1) is 23.8.